The Morgan fingerprint density at radius 2 is 1.30 bits per heavy atom. The van der Waals surface area contributed by atoms with Gasteiger partial charge in [0.1, 0.15) is 6.29 Å². The Hall–Kier alpha value is -0.330. The van der Waals surface area contributed by atoms with Crippen LogP contribution >= 0.6 is 0 Å². The van der Waals surface area contributed by atoms with Crippen LogP contribution in [0.15, 0.2) is 0 Å². The molecule has 0 aromatic heterocycles. The van der Waals surface area contributed by atoms with Crippen molar-refractivity contribution < 1.29 is 4.79 Å². The maximum absolute atomic E-state index is 10.9. The van der Waals surface area contributed by atoms with Crippen molar-refractivity contribution in [2.45, 2.75) is 110 Å². The number of hydrogen-bond donors (Lipinski definition) is 0. The molecule has 0 N–H and O–H groups in total. The van der Waals surface area contributed by atoms with E-state index in [4.69, 9.17) is 0 Å². The predicted molar refractivity (Wildman–Crippen MR) is 99.6 cm³/mol. The third kappa shape index (κ3) is 7.40. The summed E-state index contributed by atoms with van der Waals surface area (Å²) < 4.78 is 0. The maximum Gasteiger partial charge on any atom is 0.123 e. The molecule has 134 valence electrons. The smallest absolute Gasteiger partial charge is 0.123 e. The third-order valence-electron chi connectivity index (χ3n) is 6.71. The van der Waals surface area contributed by atoms with E-state index in [9.17, 15) is 4.79 Å². The van der Waals surface area contributed by atoms with Gasteiger partial charge in [0.2, 0.25) is 0 Å². The molecule has 0 spiro atoms. The quantitative estimate of drug-likeness (QED) is 0.315. The number of unbranched alkanes of at least 4 members (excludes halogenated alkanes) is 4. The highest BCUT2D eigenvalue weighted by Crippen LogP contribution is 2.34. The van der Waals surface area contributed by atoms with E-state index >= 15 is 0 Å². The second-order valence-corrected chi connectivity index (χ2v) is 8.58. The Labute approximate surface area is 145 Å². The van der Waals surface area contributed by atoms with Crippen LogP contribution in [0.2, 0.25) is 0 Å². The summed E-state index contributed by atoms with van der Waals surface area (Å²) in [6.07, 6.45) is 23.7. The lowest BCUT2D eigenvalue weighted by Crippen LogP contribution is -2.16. The van der Waals surface area contributed by atoms with Crippen molar-refractivity contribution in [3.05, 3.63) is 0 Å². The van der Waals surface area contributed by atoms with Gasteiger partial charge in [-0.3, -0.25) is 0 Å². The molecular formula is C22H40O. The van der Waals surface area contributed by atoms with Crippen LogP contribution in [0, 0.1) is 23.7 Å². The lowest BCUT2D eigenvalue weighted by Gasteiger charge is -2.28. The Morgan fingerprint density at radius 3 is 1.96 bits per heavy atom. The monoisotopic (exact) mass is 320 g/mol. The van der Waals surface area contributed by atoms with Gasteiger partial charge in [-0.1, -0.05) is 90.4 Å². The van der Waals surface area contributed by atoms with Gasteiger partial charge in [0.05, 0.1) is 0 Å². The summed E-state index contributed by atoms with van der Waals surface area (Å²) in [7, 11) is 0. The topological polar surface area (TPSA) is 17.1 Å². The number of aldehydes is 1. The van der Waals surface area contributed by atoms with Crippen LogP contribution in [0.1, 0.15) is 110 Å². The van der Waals surface area contributed by atoms with Crippen molar-refractivity contribution in [1.82, 2.24) is 0 Å². The van der Waals surface area contributed by atoms with E-state index in [1.165, 1.54) is 103 Å². The van der Waals surface area contributed by atoms with Crippen LogP contribution in [-0.2, 0) is 4.79 Å². The second kappa shape index (κ2) is 11.3. The minimum absolute atomic E-state index is 0.385. The fourth-order valence-corrected chi connectivity index (χ4v) is 5.15. The molecule has 4 atom stereocenters. The summed E-state index contributed by atoms with van der Waals surface area (Å²) in [5, 5.41) is 0. The number of rotatable bonds is 10. The van der Waals surface area contributed by atoms with Gasteiger partial charge in [-0.2, -0.15) is 0 Å². The van der Waals surface area contributed by atoms with E-state index in [-0.39, 0.29) is 0 Å². The SMILES string of the molecule is CCC1CCCC(CCCCCCCC2CCCC(C=O)C2)C1. The van der Waals surface area contributed by atoms with E-state index in [2.05, 4.69) is 6.92 Å². The zero-order chi connectivity index (χ0) is 16.3. The normalized spacial score (nSPS) is 31.9. The van der Waals surface area contributed by atoms with Gasteiger partial charge in [0.25, 0.3) is 0 Å². The van der Waals surface area contributed by atoms with Crippen molar-refractivity contribution in [2.24, 2.45) is 23.7 Å². The summed E-state index contributed by atoms with van der Waals surface area (Å²) in [6.45, 7) is 2.37. The van der Waals surface area contributed by atoms with E-state index in [1.54, 1.807) is 0 Å². The number of carbonyl (C=O) groups is 1. The van der Waals surface area contributed by atoms with E-state index < -0.39 is 0 Å². The second-order valence-electron chi connectivity index (χ2n) is 8.58. The van der Waals surface area contributed by atoms with Crippen LogP contribution in [0.25, 0.3) is 0 Å². The lowest BCUT2D eigenvalue weighted by atomic mass is 9.78. The van der Waals surface area contributed by atoms with Gasteiger partial charge >= 0.3 is 0 Å². The predicted octanol–water partition coefficient (Wildman–Crippen LogP) is 6.94. The van der Waals surface area contributed by atoms with Crippen molar-refractivity contribution in [1.29, 1.82) is 0 Å². The third-order valence-corrected chi connectivity index (χ3v) is 6.71. The van der Waals surface area contributed by atoms with Crippen molar-refractivity contribution >= 4 is 6.29 Å². The van der Waals surface area contributed by atoms with Crippen LogP contribution in [0.5, 0.6) is 0 Å². The number of carbonyl (C=O) groups excluding carboxylic acids is 1. The lowest BCUT2D eigenvalue weighted by molar-refractivity contribution is -0.112. The van der Waals surface area contributed by atoms with E-state index in [0.29, 0.717) is 5.92 Å². The van der Waals surface area contributed by atoms with Gasteiger partial charge in [-0.05, 0) is 37.0 Å². The van der Waals surface area contributed by atoms with Gasteiger partial charge in [0, 0.05) is 5.92 Å². The molecule has 0 amide bonds. The Balaban J connectivity index is 1.43. The minimum Gasteiger partial charge on any atom is -0.303 e. The highest BCUT2D eigenvalue weighted by Gasteiger charge is 2.21. The van der Waals surface area contributed by atoms with E-state index in [0.717, 1.165) is 24.2 Å². The largest absolute Gasteiger partial charge is 0.303 e. The first kappa shape index (κ1) is 19.0. The molecule has 2 aliphatic carbocycles. The fraction of sp³-hybridized carbons (Fsp3) is 0.955. The molecule has 2 rings (SSSR count). The van der Waals surface area contributed by atoms with Crippen LogP contribution in [0.4, 0.5) is 0 Å². The molecule has 2 fully saturated rings. The maximum atomic E-state index is 10.9. The Bertz CT molecular complexity index is 311. The van der Waals surface area contributed by atoms with Gasteiger partial charge in [0.15, 0.2) is 0 Å². The van der Waals surface area contributed by atoms with Crippen molar-refractivity contribution in [3.8, 4) is 0 Å². The first-order chi connectivity index (χ1) is 11.3. The van der Waals surface area contributed by atoms with Gasteiger partial charge in [-0.25, -0.2) is 0 Å². The molecule has 0 aromatic rings. The standard InChI is InChI=1S/C22H40O/c1-2-19-12-8-13-20(16-19)10-6-4-3-5-7-11-21-14-9-15-22(17-21)18-23/h18-22H,2-17H2,1H3. The van der Waals surface area contributed by atoms with Gasteiger partial charge in [-0.15, -0.1) is 0 Å². The molecule has 23 heavy (non-hydrogen) atoms. The molecule has 1 heteroatoms. The van der Waals surface area contributed by atoms with Gasteiger partial charge < -0.3 is 4.79 Å². The van der Waals surface area contributed by atoms with Crippen LogP contribution in [0.3, 0.4) is 0 Å². The average molecular weight is 321 g/mol. The molecule has 0 saturated heterocycles. The first-order valence-corrected chi connectivity index (χ1v) is 10.8. The number of hydrogen-bond acceptors (Lipinski definition) is 1. The molecule has 0 radical (unpaired) electrons. The summed E-state index contributed by atoms with van der Waals surface area (Å²) in [5.41, 5.74) is 0. The highest BCUT2D eigenvalue weighted by molar-refractivity contribution is 5.53. The summed E-state index contributed by atoms with van der Waals surface area (Å²) in [4.78, 5) is 10.9. The summed E-state index contributed by atoms with van der Waals surface area (Å²) in [6, 6.07) is 0. The zero-order valence-corrected chi connectivity index (χ0v) is 15.6. The molecule has 0 bridgehead atoms. The molecule has 0 aromatic carbocycles. The minimum atomic E-state index is 0.385. The molecule has 0 aliphatic heterocycles. The van der Waals surface area contributed by atoms with E-state index in [1.807, 2.05) is 0 Å². The molecule has 4 unspecified atom stereocenters. The first-order valence-electron chi connectivity index (χ1n) is 10.8. The van der Waals surface area contributed by atoms with Crippen molar-refractivity contribution in [3.63, 3.8) is 0 Å². The summed E-state index contributed by atoms with van der Waals surface area (Å²) >= 11 is 0. The molecule has 2 saturated carbocycles. The van der Waals surface area contributed by atoms with Crippen LogP contribution < -0.4 is 0 Å². The molecule has 1 nitrogen and oxygen atoms in total. The fourth-order valence-electron chi connectivity index (χ4n) is 5.15. The Morgan fingerprint density at radius 1 is 0.739 bits per heavy atom. The van der Waals surface area contributed by atoms with Crippen LogP contribution in [-0.4, -0.2) is 6.29 Å². The molecule has 2 aliphatic rings. The Kier molecular flexibility index (Phi) is 9.31. The van der Waals surface area contributed by atoms with Crippen molar-refractivity contribution in [2.75, 3.05) is 0 Å². The average Bonchev–Trinajstić information content (AvgIpc) is 2.61. The highest BCUT2D eigenvalue weighted by atomic mass is 16.1. The molecular weight excluding hydrogens is 280 g/mol. The summed E-state index contributed by atoms with van der Waals surface area (Å²) in [5.74, 6) is 3.33. The molecule has 0 heterocycles. The zero-order valence-electron chi connectivity index (χ0n) is 15.6.